The van der Waals surface area contributed by atoms with Crippen molar-refractivity contribution in [1.82, 2.24) is 10.6 Å². The van der Waals surface area contributed by atoms with Crippen molar-refractivity contribution in [2.24, 2.45) is 0 Å². The zero-order valence-corrected chi connectivity index (χ0v) is 17.9. The van der Waals surface area contributed by atoms with E-state index in [9.17, 15) is 9.59 Å². The second kappa shape index (κ2) is 10.5. The molecule has 5 nitrogen and oxygen atoms in total. The summed E-state index contributed by atoms with van der Waals surface area (Å²) in [7, 11) is 0. The molecule has 0 aliphatic carbocycles. The van der Waals surface area contributed by atoms with Crippen LogP contribution in [0.2, 0.25) is 0 Å². The minimum absolute atomic E-state index is 0.123. The Morgan fingerprint density at radius 3 is 2.55 bits per heavy atom. The van der Waals surface area contributed by atoms with Gasteiger partial charge in [0.15, 0.2) is 0 Å². The third kappa shape index (κ3) is 5.84. The normalized spacial score (nSPS) is 16.6. The lowest BCUT2D eigenvalue weighted by Gasteiger charge is -2.27. The van der Waals surface area contributed by atoms with Crippen LogP contribution in [0.1, 0.15) is 30.0 Å². The molecule has 2 amide bonds. The Morgan fingerprint density at radius 1 is 1.14 bits per heavy atom. The lowest BCUT2D eigenvalue weighted by molar-refractivity contribution is -0.128. The topological polar surface area (TPSA) is 70.2 Å². The Balaban J connectivity index is 1.63. The molecule has 29 heavy (non-hydrogen) atoms. The van der Waals surface area contributed by atoms with E-state index in [4.69, 9.17) is 0 Å². The highest BCUT2D eigenvalue weighted by atomic mass is 32.2. The first-order valence-corrected chi connectivity index (χ1v) is 11.5. The highest BCUT2D eigenvalue weighted by Crippen LogP contribution is 2.17. The molecule has 3 rings (SSSR count). The van der Waals surface area contributed by atoms with Crippen LogP contribution in [-0.2, 0) is 29.0 Å². The number of fused-ring (bicyclic) bond motifs is 1. The fourth-order valence-electron chi connectivity index (χ4n) is 3.47. The standard InChI is InChI=1S/C23H29N3O2S/c1-3-16-8-10-19(11-9-16)25-22(27)20(12-13-29-2)26-23(28)21-14-17-6-4-5-7-18(17)15-24-21/h4-11,20-21,24H,3,12-15H2,1-2H3,(H,25,27)(H,26,28)/t20-,21+/m0/s1. The van der Waals surface area contributed by atoms with E-state index in [0.717, 1.165) is 17.9 Å². The average Bonchev–Trinajstić information content (AvgIpc) is 2.76. The van der Waals surface area contributed by atoms with Crippen LogP contribution in [-0.4, -0.2) is 35.9 Å². The summed E-state index contributed by atoms with van der Waals surface area (Å²) in [4.78, 5) is 25.7. The van der Waals surface area contributed by atoms with E-state index in [-0.39, 0.29) is 17.9 Å². The van der Waals surface area contributed by atoms with Gasteiger partial charge in [0.05, 0.1) is 6.04 Å². The largest absolute Gasteiger partial charge is 0.343 e. The van der Waals surface area contributed by atoms with Crippen molar-refractivity contribution in [3.05, 3.63) is 65.2 Å². The second-order valence-corrected chi connectivity index (χ2v) is 8.27. The first-order chi connectivity index (χ1) is 14.1. The van der Waals surface area contributed by atoms with Crippen LogP contribution < -0.4 is 16.0 Å². The van der Waals surface area contributed by atoms with Crippen LogP contribution in [0.3, 0.4) is 0 Å². The van der Waals surface area contributed by atoms with Crippen LogP contribution in [0.4, 0.5) is 5.69 Å². The number of carbonyl (C=O) groups excluding carboxylic acids is 2. The van der Waals surface area contributed by atoms with Gasteiger partial charge in [0.2, 0.25) is 11.8 Å². The summed E-state index contributed by atoms with van der Waals surface area (Å²) >= 11 is 1.67. The minimum Gasteiger partial charge on any atom is -0.343 e. The number of hydrogen-bond donors (Lipinski definition) is 3. The van der Waals surface area contributed by atoms with Crippen molar-refractivity contribution in [2.45, 2.75) is 44.8 Å². The molecular weight excluding hydrogens is 382 g/mol. The summed E-state index contributed by atoms with van der Waals surface area (Å²) in [5, 5.41) is 9.20. The van der Waals surface area contributed by atoms with Gasteiger partial charge in [-0.2, -0.15) is 11.8 Å². The number of hydrogen-bond acceptors (Lipinski definition) is 4. The van der Waals surface area contributed by atoms with Crippen LogP contribution in [0.15, 0.2) is 48.5 Å². The number of thioether (sulfide) groups is 1. The predicted octanol–water partition coefficient (Wildman–Crippen LogP) is 3.14. The molecule has 2 aromatic rings. The summed E-state index contributed by atoms with van der Waals surface area (Å²) in [5.41, 5.74) is 4.38. The number of rotatable bonds is 8. The highest BCUT2D eigenvalue weighted by Gasteiger charge is 2.28. The lowest BCUT2D eigenvalue weighted by Crippen LogP contribution is -2.53. The summed E-state index contributed by atoms with van der Waals surface area (Å²) < 4.78 is 0. The first-order valence-electron chi connectivity index (χ1n) is 10.1. The highest BCUT2D eigenvalue weighted by molar-refractivity contribution is 7.98. The van der Waals surface area contributed by atoms with E-state index in [1.54, 1.807) is 11.8 Å². The number of amides is 2. The quantitative estimate of drug-likeness (QED) is 0.624. The van der Waals surface area contributed by atoms with Crippen LogP contribution in [0, 0.1) is 0 Å². The van der Waals surface area contributed by atoms with E-state index in [2.05, 4.69) is 35.0 Å². The Morgan fingerprint density at radius 2 is 1.86 bits per heavy atom. The molecule has 6 heteroatoms. The number of benzene rings is 2. The van der Waals surface area contributed by atoms with Gasteiger partial charge >= 0.3 is 0 Å². The molecule has 1 aliphatic rings. The van der Waals surface area contributed by atoms with Gasteiger partial charge in [0.25, 0.3) is 0 Å². The van der Waals surface area contributed by atoms with Crippen molar-refractivity contribution in [2.75, 3.05) is 17.3 Å². The summed E-state index contributed by atoms with van der Waals surface area (Å²) in [6, 6.07) is 15.1. The van der Waals surface area contributed by atoms with E-state index in [1.807, 2.05) is 42.7 Å². The molecule has 0 saturated carbocycles. The summed E-state index contributed by atoms with van der Waals surface area (Å²) in [6.07, 6.45) is 4.18. The van der Waals surface area contributed by atoms with Gasteiger partial charge in [0, 0.05) is 12.2 Å². The molecule has 0 aromatic heterocycles. The zero-order chi connectivity index (χ0) is 20.6. The van der Waals surface area contributed by atoms with E-state index < -0.39 is 6.04 Å². The molecule has 2 aromatic carbocycles. The molecule has 154 valence electrons. The van der Waals surface area contributed by atoms with Crippen molar-refractivity contribution in [3.8, 4) is 0 Å². The van der Waals surface area contributed by atoms with Gasteiger partial charge in [-0.15, -0.1) is 0 Å². The molecule has 0 bridgehead atoms. The molecule has 1 aliphatic heterocycles. The third-order valence-electron chi connectivity index (χ3n) is 5.27. The average molecular weight is 412 g/mol. The zero-order valence-electron chi connectivity index (χ0n) is 17.0. The van der Waals surface area contributed by atoms with E-state index >= 15 is 0 Å². The number of nitrogens with one attached hydrogen (secondary N) is 3. The van der Waals surface area contributed by atoms with Crippen molar-refractivity contribution < 1.29 is 9.59 Å². The molecular formula is C23H29N3O2S. The summed E-state index contributed by atoms with van der Waals surface area (Å²) in [5.74, 6) is 0.503. The maximum Gasteiger partial charge on any atom is 0.246 e. The van der Waals surface area contributed by atoms with E-state index in [1.165, 1.54) is 16.7 Å². The monoisotopic (exact) mass is 411 g/mol. The minimum atomic E-state index is -0.556. The SMILES string of the molecule is CCc1ccc(NC(=O)[C@H](CCSC)NC(=O)[C@H]2Cc3ccccc3CN2)cc1. The molecule has 3 N–H and O–H groups in total. The Kier molecular flexibility index (Phi) is 7.72. The van der Waals surface area contributed by atoms with Crippen LogP contribution >= 0.6 is 11.8 Å². The van der Waals surface area contributed by atoms with Crippen molar-refractivity contribution >= 4 is 29.3 Å². The van der Waals surface area contributed by atoms with Gasteiger partial charge < -0.3 is 16.0 Å². The van der Waals surface area contributed by atoms with Crippen LogP contribution in [0.25, 0.3) is 0 Å². The molecule has 1 heterocycles. The van der Waals surface area contributed by atoms with E-state index in [0.29, 0.717) is 19.4 Å². The van der Waals surface area contributed by atoms with Crippen molar-refractivity contribution in [3.63, 3.8) is 0 Å². The number of anilines is 1. The predicted molar refractivity (Wildman–Crippen MR) is 120 cm³/mol. The van der Waals surface area contributed by atoms with Gasteiger partial charge in [-0.25, -0.2) is 0 Å². The molecule has 2 atom stereocenters. The van der Waals surface area contributed by atoms with Gasteiger partial charge in [-0.05, 0) is 60.1 Å². The fourth-order valence-corrected chi connectivity index (χ4v) is 3.94. The van der Waals surface area contributed by atoms with Gasteiger partial charge in [-0.1, -0.05) is 43.3 Å². The van der Waals surface area contributed by atoms with Crippen molar-refractivity contribution in [1.29, 1.82) is 0 Å². The number of carbonyl (C=O) groups is 2. The van der Waals surface area contributed by atoms with Gasteiger partial charge in [-0.3, -0.25) is 9.59 Å². The third-order valence-corrected chi connectivity index (χ3v) is 5.92. The molecule has 0 spiro atoms. The first kappa shape index (κ1) is 21.4. The van der Waals surface area contributed by atoms with Gasteiger partial charge in [0.1, 0.15) is 6.04 Å². The molecule has 0 unspecified atom stereocenters. The maximum atomic E-state index is 12.9. The number of aryl methyl sites for hydroxylation is 1. The summed E-state index contributed by atoms with van der Waals surface area (Å²) in [6.45, 7) is 2.76. The Labute approximate surface area is 177 Å². The molecule has 0 radical (unpaired) electrons. The second-order valence-electron chi connectivity index (χ2n) is 7.29. The lowest BCUT2D eigenvalue weighted by atomic mass is 9.95. The maximum absolute atomic E-state index is 12.9. The Hall–Kier alpha value is -2.31. The smallest absolute Gasteiger partial charge is 0.246 e. The Bertz CT molecular complexity index is 838. The fraction of sp³-hybridized carbons (Fsp3) is 0.391. The van der Waals surface area contributed by atoms with Crippen LogP contribution in [0.5, 0.6) is 0 Å². The molecule has 0 fully saturated rings. The molecule has 0 saturated heterocycles.